The zero-order chi connectivity index (χ0) is 13.0. The molecule has 0 saturated heterocycles. The lowest BCUT2D eigenvalue weighted by atomic mass is 10.2. The van der Waals surface area contributed by atoms with Gasteiger partial charge in [0.2, 0.25) is 0 Å². The molecule has 0 spiro atoms. The quantitative estimate of drug-likeness (QED) is 0.343. The molecular weight excluding hydrogens is 236 g/mol. The number of rotatable bonds is 10. The van der Waals surface area contributed by atoms with Crippen LogP contribution in [0, 0.1) is 0 Å². The SMILES string of the molecule is CCCCC/C=C\C/C=C\CCOS(C)(=O)=O. The van der Waals surface area contributed by atoms with Crippen LogP contribution < -0.4 is 0 Å². The average Bonchev–Trinajstić information content (AvgIpc) is 2.24. The molecular formula is C13H24O3S. The van der Waals surface area contributed by atoms with Gasteiger partial charge in [0, 0.05) is 0 Å². The monoisotopic (exact) mass is 260 g/mol. The number of hydrogen-bond donors (Lipinski definition) is 0. The van der Waals surface area contributed by atoms with Crippen molar-refractivity contribution in [2.24, 2.45) is 0 Å². The zero-order valence-electron chi connectivity index (χ0n) is 10.9. The highest BCUT2D eigenvalue weighted by Crippen LogP contribution is 2.00. The highest BCUT2D eigenvalue weighted by atomic mass is 32.2. The first kappa shape index (κ1) is 16.4. The molecule has 0 atom stereocenters. The molecule has 0 bridgehead atoms. The van der Waals surface area contributed by atoms with Crippen molar-refractivity contribution in [3.63, 3.8) is 0 Å². The van der Waals surface area contributed by atoms with Crippen LogP contribution in [0.5, 0.6) is 0 Å². The minimum atomic E-state index is -3.28. The smallest absolute Gasteiger partial charge is 0.264 e. The van der Waals surface area contributed by atoms with Gasteiger partial charge in [-0.25, -0.2) is 0 Å². The van der Waals surface area contributed by atoms with Gasteiger partial charge in [-0.3, -0.25) is 4.18 Å². The third-order valence-corrected chi connectivity index (χ3v) is 2.76. The van der Waals surface area contributed by atoms with Crippen molar-refractivity contribution in [3.05, 3.63) is 24.3 Å². The topological polar surface area (TPSA) is 43.4 Å². The average molecular weight is 260 g/mol. The second-order valence-electron chi connectivity index (χ2n) is 3.99. The molecule has 0 aromatic rings. The lowest BCUT2D eigenvalue weighted by Gasteiger charge is -1.96. The fraction of sp³-hybridized carbons (Fsp3) is 0.692. The van der Waals surface area contributed by atoms with Crippen LogP contribution in [0.1, 0.15) is 45.4 Å². The Labute approximate surface area is 106 Å². The van der Waals surface area contributed by atoms with E-state index in [1.54, 1.807) is 0 Å². The van der Waals surface area contributed by atoms with Crippen molar-refractivity contribution in [2.45, 2.75) is 45.4 Å². The predicted molar refractivity (Wildman–Crippen MR) is 72.5 cm³/mol. The van der Waals surface area contributed by atoms with Gasteiger partial charge in [-0.15, -0.1) is 0 Å². The molecule has 17 heavy (non-hydrogen) atoms. The van der Waals surface area contributed by atoms with Crippen molar-refractivity contribution in [3.8, 4) is 0 Å². The molecule has 0 heterocycles. The summed E-state index contributed by atoms with van der Waals surface area (Å²) in [5.74, 6) is 0. The molecule has 0 aliphatic carbocycles. The van der Waals surface area contributed by atoms with E-state index in [4.69, 9.17) is 0 Å². The van der Waals surface area contributed by atoms with E-state index >= 15 is 0 Å². The molecule has 0 N–H and O–H groups in total. The van der Waals surface area contributed by atoms with Crippen LogP contribution in [0.2, 0.25) is 0 Å². The molecule has 4 heteroatoms. The molecule has 0 radical (unpaired) electrons. The van der Waals surface area contributed by atoms with Crippen LogP contribution in [-0.2, 0) is 14.3 Å². The lowest BCUT2D eigenvalue weighted by molar-refractivity contribution is 0.328. The van der Waals surface area contributed by atoms with Crippen LogP contribution in [-0.4, -0.2) is 21.3 Å². The van der Waals surface area contributed by atoms with Gasteiger partial charge < -0.3 is 0 Å². The van der Waals surface area contributed by atoms with Crippen molar-refractivity contribution in [1.29, 1.82) is 0 Å². The van der Waals surface area contributed by atoms with Crippen molar-refractivity contribution in [2.75, 3.05) is 12.9 Å². The molecule has 3 nitrogen and oxygen atoms in total. The standard InChI is InChI=1S/C13H24O3S/c1-3-4-5-6-7-8-9-10-11-12-13-16-17(2,14)15/h7-8,10-11H,3-6,9,12-13H2,1-2H3/b8-7-,11-10-. The lowest BCUT2D eigenvalue weighted by Crippen LogP contribution is -2.02. The highest BCUT2D eigenvalue weighted by molar-refractivity contribution is 7.85. The van der Waals surface area contributed by atoms with Crippen LogP contribution in [0.4, 0.5) is 0 Å². The van der Waals surface area contributed by atoms with Gasteiger partial charge in [-0.05, 0) is 25.7 Å². The van der Waals surface area contributed by atoms with E-state index in [1.165, 1.54) is 19.3 Å². The Morgan fingerprint density at radius 2 is 1.65 bits per heavy atom. The third-order valence-electron chi connectivity index (χ3n) is 2.16. The first-order chi connectivity index (χ1) is 8.06. The van der Waals surface area contributed by atoms with E-state index in [1.807, 2.05) is 12.2 Å². The van der Waals surface area contributed by atoms with Crippen LogP contribution >= 0.6 is 0 Å². The Bertz CT molecular complexity index is 316. The van der Waals surface area contributed by atoms with Gasteiger partial charge in [-0.1, -0.05) is 44.1 Å². The summed E-state index contributed by atoms with van der Waals surface area (Å²) in [5, 5.41) is 0. The number of unbranched alkanes of at least 4 members (excludes halogenated alkanes) is 3. The van der Waals surface area contributed by atoms with Crippen LogP contribution in [0.15, 0.2) is 24.3 Å². The van der Waals surface area contributed by atoms with Crippen molar-refractivity contribution >= 4 is 10.1 Å². The zero-order valence-corrected chi connectivity index (χ0v) is 11.7. The highest BCUT2D eigenvalue weighted by Gasteiger charge is 1.97. The molecule has 0 aromatic carbocycles. The van der Waals surface area contributed by atoms with Gasteiger partial charge in [0.05, 0.1) is 12.9 Å². The summed E-state index contributed by atoms with van der Waals surface area (Å²) in [6.45, 7) is 2.43. The molecule has 100 valence electrons. The first-order valence-electron chi connectivity index (χ1n) is 6.20. The number of hydrogen-bond acceptors (Lipinski definition) is 3. The molecule has 0 aliphatic rings. The van der Waals surface area contributed by atoms with Gasteiger partial charge in [0.25, 0.3) is 10.1 Å². The van der Waals surface area contributed by atoms with Gasteiger partial charge in [0.1, 0.15) is 0 Å². The number of allylic oxidation sites excluding steroid dienone is 3. The Morgan fingerprint density at radius 3 is 2.24 bits per heavy atom. The minimum absolute atomic E-state index is 0.232. The summed E-state index contributed by atoms with van der Waals surface area (Å²) in [4.78, 5) is 0. The van der Waals surface area contributed by atoms with Crippen molar-refractivity contribution in [1.82, 2.24) is 0 Å². The Hall–Kier alpha value is -0.610. The maximum Gasteiger partial charge on any atom is 0.264 e. The molecule has 0 aromatic heterocycles. The van der Waals surface area contributed by atoms with Crippen LogP contribution in [0.3, 0.4) is 0 Å². The van der Waals surface area contributed by atoms with Gasteiger partial charge in [0.15, 0.2) is 0 Å². The first-order valence-corrected chi connectivity index (χ1v) is 8.02. The van der Waals surface area contributed by atoms with E-state index in [-0.39, 0.29) is 6.61 Å². The van der Waals surface area contributed by atoms with Crippen LogP contribution in [0.25, 0.3) is 0 Å². The summed E-state index contributed by atoms with van der Waals surface area (Å²) >= 11 is 0. The third kappa shape index (κ3) is 15.4. The largest absolute Gasteiger partial charge is 0.270 e. The fourth-order valence-electron chi connectivity index (χ4n) is 1.29. The maximum absolute atomic E-state index is 10.6. The fourth-order valence-corrected chi connectivity index (χ4v) is 1.69. The van der Waals surface area contributed by atoms with E-state index in [0.717, 1.165) is 19.1 Å². The molecule has 0 unspecified atom stereocenters. The molecule has 0 fully saturated rings. The molecule has 0 rings (SSSR count). The Balaban J connectivity index is 3.36. The summed E-state index contributed by atoms with van der Waals surface area (Å²) in [5.41, 5.74) is 0. The summed E-state index contributed by atoms with van der Waals surface area (Å²) in [7, 11) is -3.28. The van der Waals surface area contributed by atoms with Gasteiger partial charge >= 0.3 is 0 Å². The molecule has 0 amide bonds. The summed E-state index contributed by atoms with van der Waals surface area (Å²) < 4.78 is 25.9. The summed E-state index contributed by atoms with van der Waals surface area (Å²) in [6, 6.07) is 0. The molecule has 0 saturated carbocycles. The second-order valence-corrected chi connectivity index (χ2v) is 5.63. The van der Waals surface area contributed by atoms with Crippen molar-refractivity contribution < 1.29 is 12.6 Å². The van der Waals surface area contributed by atoms with E-state index in [2.05, 4.69) is 23.3 Å². The maximum atomic E-state index is 10.6. The van der Waals surface area contributed by atoms with E-state index in [0.29, 0.717) is 6.42 Å². The van der Waals surface area contributed by atoms with E-state index < -0.39 is 10.1 Å². The Morgan fingerprint density at radius 1 is 1.00 bits per heavy atom. The minimum Gasteiger partial charge on any atom is -0.270 e. The van der Waals surface area contributed by atoms with E-state index in [9.17, 15) is 8.42 Å². The second kappa shape index (κ2) is 10.5. The van der Waals surface area contributed by atoms with Gasteiger partial charge in [-0.2, -0.15) is 8.42 Å². The molecule has 0 aliphatic heterocycles. The predicted octanol–water partition coefficient (Wildman–Crippen LogP) is 3.44. The Kier molecular flexibility index (Phi) is 10.2. The summed E-state index contributed by atoms with van der Waals surface area (Å²) in [6.07, 6.45) is 15.9. The normalized spacial score (nSPS) is 12.8.